The summed E-state index contributed by atoms with van der Waals surface area (Å²) in [7, 11) is 0. The maximum atomic E-state index is 13.4. The van der Waals surface area contributed by atoms with Gasteiger partial charge in [0.1, 0.15) is 0 Å². The number of benzene rings is 3. The summed E-state index contributed by atoms with van der Waals surface area (Å²) in [4.78, 5) is 31.8. The molecule has 0 spiro atoms. The van der Waals surface area contributed by atoms with Crippen molar-refractivity contribution >= 4 is 57.6 Å². The van der Waals surface area contributed by atoms with Crippen molar-refractivity contribution in [2.75, 3.05) is 17.3 Å². The number of amides is 1. The molecule has 3 aromatic carbocycles. The zero-order valence-corrected chi connectivity index (χ0v) is 19.9. The van der Waals surface area contributed by atoms with Crippen molar-refractivity contribution in [3.05, 3.63) is 87.7 Å². The third-order valence-electron chi connectivity index (χ3n) is 4.91. The second-order valence-corrected chi connectivity index (χ2v) is 9.23. The fraction of sp³-hybridized carbons (Fsp3) is 0.125. The lowest BCUT2D eigenvalue weighted by atomic mass is 10.2. The Morgan fingerprint density at radius 3 is 2.69 bits per heavy atom. The summed E-state index contributed by atoms with van der Waals surface area (Å²) in [6, 6.07) is 20.3. The summed E-state index contributed by atoms with van der Waals surface area (Å²) < 4.78 is 1.54. The van der Waals surface area contributed by atoms with Crippen LogP contribution in [0.3, 0.4) is 0 Å². The van der Waals surface area contributed by atoms with E-state index in [0.717, 1.165) is 16.1 Å². The number of para-hydroxylation sites is 1. The topological polar surface area (TPSA) is 64.0 Å². The van der Waals surface area contributed by atoms with Crippen LogP contribution in [0, 0.1) is 6.92 Å². The Morgan fingerprint density at radius 2 is 1.88 bits per heavy atom. The van der Waals surface area contributed by atoms with Gasteiger partial charge in [-0.2, -0.15) is 0 Å². The molecule has 0 aliphatic rings. The smallest absolute Gasteiger partial charge is 0.266 e. The molecule has 0 atom stereocenters. The Hall–Kier alpha value is -2.74. The first-order valence-electron chi connectivity index (χ1n) is 9.82. The fourth-order valence-electron chi connectivity index (χ4n) is 3.29. The molecule has 0 bridgehead atoms. The van der Waals surface area contributed by atoms with Gasteiger partial charge >= 0.3 is 0 Å². The molecule has 0 aliphatic carbocycles. The first-order chi connectivity index (χ1) is 15.5. The summed E-state index contributed by atoms with van der Waals surface area (Å²) in [6.07, 6.45) is 1.99. The molecule has 5 nitrogen and oxygen atoms in total. The van der Waals surface area contributed by atoms with Crippen LogP contribution in [-0.4, -0.2) is 27.5 Å². The van der Waals surface area contributed by atoms with Crippen LogP contribution < -0.4 is 10.9 Å². The SMILES string of the molecule is CSc1cccc(NC(=O)CSc2nc3ccccc3c(=O)n2-c2cccc(Cl)c2C)c1. The van der Waals surface area contributed by atoms with Gasteiger partial charge in [0.25, 0.3) is 5.56 Å². The quantitative estimate of drug-likeness (QED) is 0.278. The molecule has 0 unspecified atom stereocenters. The number of hydrogen-bond acceptors (Lipinski definition) is 5. The number of rotatable bonds is 6. The fourth-order valence-corrected chi connectivity index (χ4v) is 4.72. The maximum absolute atomic E-state index is 13.4. The first kappa shape index (κ1) is 22.5. The maximum Gasteiger partial charge on any atom is 0.266 e. The Balaban J connectivity index is 1.69. The van der Waals surface area contributed by atoms with Crippen LogP contribution in [0.2, 0.25) is 5.02 Å². The molecule has 4 rings (SSSR count). The molecule has 162 valence electrons. The lowest BCUT2D eigenvalue weighted by Gasteiger charge is -2.15. The van der Waals surface area contributed by atoms with Crippen LogP contribution in [0.1, 0.15) is 5.56 Å². The van der Waals surface area contributed by atoms with Gasteiger partial charge in [-0.25, -0.2) is 4.98 Å². The van der Waals surface area contributed by atoms with Crippen molar-refractivity contribution in [1.82, 2.24) is 9.55 Å². The highest BCUT2D eigenvalue weighted by atomic mass is 35.5. The monoisotopic (exact) mass is 481 g/mol. The average molecular weight is 482 g/mol. The van der Waals surface area contributed by atoms with Crippen LogP contribution in [0.15, 0.2) is 81.6 Å². The number of thioether (sulfide) groups is 2. The van der Waals surface area contributed by atoms with E-state index >= 15 is 0 Å². The molecule has 0 aliphatic heterocycles. The van der Waals surface area contributed by atoms with E-state index in [4.69, 9.17) is 11.6 Å². The van der Waals surface area contributed by atoms with E-state index in [1.807, 2.05) is 55.6 Å². The van der Waals surface area contributed by atoms with E-state index in [1.54, 1.807) is 36.0 Å². The predicted octanol–water partition coefficient (Wildman–Crippen LogP) is 5.80. The molecule has 4 aromatic rings. The van der Waals surface area contributed by atoms with Crippen LogP contribution >= 0.6 is 35.1 Å². The van der Waals surface area contributed by atoms with Crippen molar-refractivity contribution in [3.63, 3.8) is 0 Å². The Bertz CT molecular complexity index is 1370. The second-order valence-electron chi connectivity index (χ2n) is 7.00. The number of carbonyl (C=O) groups excluding carboxylic acids is 1. The minimum Gasteiger partial charge on any atom is -0.325 e. The van der Waals surface area contributed by atoms with E-state index in [0.29, 0.717) is 26.8 Å². The largest absolute Gasteiger partial charge is 0.325 e. The van der Waals surface area contributed by atoms with Gasteiger partial charge in [-0.1, -0.05) is 47.6 Å². The number of anilines is 1. The third-order valence-corrected chi connectivity index (χ3v) is 6.98. The molecule has 0 fully saturated rings. The highest BCUT2D eigenvalue weighted by Crippen LogP contribution is 2.27. The van der Waals surface area contributed by atoms with Gasteiger partial charge in [0.2, 0.25) is 5.91 Å². The van der Waals surface area contributed by atoms with E-state index in [-0.39, 0.29) is 17.2 Å². The number of carbonyl (C=O) groups is 1. The molecule has 1 heterocycles. The Labute approximate surface area is 199 Å². The molecule has 8 heteroatoms. The van der Waals surface area contributed by atoms with Gasteiger partial charge in [-0.15, -0.1) is 11.8 Å². The summed E-state index contributed by atoms with van der Waals surface area (Å²) >= 11 is 9.14. The molecule has 1 N–H and O–H groups in total. The van der Waals surface area contributed by atoms with Gasteiger partial charge in [-0.05, 0) is 61.2 Å². The van der Waals surface area contributed by atoms with Crippen molar-refractivity contribution in [2.45, 2.75) is 17.0 Å². The third kappa shape index (κ3) is 4.70. The summed E-state index contributed by atoms with van der Waals surface area (Å²) in [5.74, 6) is -0.0709. The van der Waals surface area contributed by atoms with Gasteiger partial charge in [0, 0.05) is 15.6 Å². The minimum absolute atomic E-state index is 0.105. The van der Waals surface area contributed by atoms with Crippen LogP contribution in [0.4, 0.5) is 5.69 Å². The highest BCUT2D eigenvalue weighted by Gasteiger charge is 2.17. The molecule has 0 saturated heterocycles. The van der Waals surface area contributed by atoms with Crippen molar-refractivity contribution < 1.29 is 4.79 Å². The molecule has 0 radical (unpaired) electrons. The number of aromatic nitrogens is 2. The average Bonchev–Trinajstić information content (AvgIpc) is 2.80. The minimum atomic E-state index is -0.198. The Kier molecular flexibility index (Phi) is 6.89. The molecule has 32 heavy (non-hydrogen) atoms. The highest BCUT2D eigenvalue weighted by molar-refractivity contribution is 7.99. The van der Waals surface area contributed by atoms with Crippen LogP contribution in [0.5, 0.6) is 0 Å². The lowest BCUT2D eigenvalue weighted by molar-refractivity contribution is -0.113. The lowest BCUT2D eigenvalue weighted by Crippen LogP contribution is -2.23. The van der Waals surface area contributed by atoms with Gasteiger partial charge in [0.15, 0.2) is 5.16 Å². The van der Waals surface area contributed by atoms with Gasteiger partial charge in [-0.3, -0.25) is 14.2 Å². The number of hydrogen-bond donors (Lipinski definition) is 1. The molecule has 0 saturated carbocycles. The summed E-state index contributed by atoms with van der Waals surface area (Å²) in [5.41, 5.74) is 2.54. The normalized spacial score (nSPS) is 11.0. The zero-order valence-electron chi connectivity index (χ0n) is 17.5. The summed E-state index contributed by atoms with van der Waals surface area (Å²) in [6.45, 7) is 1.86. The van der Waals surface area contributed by atoms with Crippen LogP contribution in [0.25, 0.3) is 16.6 Å². The standard InChI is InChI=1S/C24H20ClN3O2S2/c1-15-19(25)10-6-12-21(15)28-23(30)18-9-3-4-11-20(18)27-24(28)32-14-22(29)26-16-7-5-8-17(13-16)31-2/h3-13H,14H2,1-2H3,(H,26,29). The Morgan fingerprint density at radius 1 is 1.09 bits per heavy atom. The predicted molar refractivity (Wildman–Crippen MR) is 135 cm³/mol. The van der Waals surface area contributed by atoms with Crippen molar-refractivity contribution in [1.29, 1.82) is 0 Å². The van der Waals surface area contributed by atoms with Crippen LogP contribution in [-0.2, 0) is 4.79 Å². The number of halogens is 1. The molecular weight excluding hydrogens is 462 g/mol. The number of nitrogens with zero attached hydrogens (tertiary/aromatic N) is 2. The van der Waals surface area contributed by atoms with E-state index < -0.39 is 0 Å². The van der Waals surface area contributed by atoms with Crippen molar-refractivity contribution in [2.24, 2.45) is 0 Å². The van der Waals surface area contributed by atoms with Crippen molar-refractivity contribution in [3.8, 4) is 5.69 Å². The molecule has 1 aromatic heterocycles. The number of fused-ring (bicyclic) bond motifs is 1. The van der Waals surface area contributed by atoms with E-state index in [9.17, 15) is 9.59 Å². The summed E-state index contributed by atoms with van der Waals surface area (Å²) in [5, 5.41) is 4.42. The van der Waals surface area contributed by atoms with E-state index in [2.05, 4.69) is 10.3 Å². The second kappa shape index (κ2) is 9.81. The van der Waals surface area contributed by atoms with Gasteiger partial charge < -0.3 is 5.32 Å². The first-order valence-corrected chi connectivity index (χ1v) is 12.4. The number of nitrogens with one attached hydrogen (secondary N) is 1. The van der Waals surface area contributed by atoms with Gasteiger partial charge in [0.05, 0.1) is 22.3 Å². The molecule has 1 amide bonds. The zero-order chi connectivity index (χ0) is 22.7. The van der Waals surface area contributed by atoms with E-state index in [1.165, 1.54) is 16.3 Å². The molecular formula is C24H20ClN3O2S2.